The summed E-state index contributed by atoms with van der Waals surface area (Å²) in [5.74, 6) is -0.227. The summed E-state index contributed by atoms with van der Waals surface area (Å²) in [7, 11) is 1.66. The molecule has 2 N–H and O–H groups in total. The smallest absolute Gasteiger partial charge is 0.252 e. The van der Waals surface area contributed by atoms with E-state index in [0.29, 0.717) is 5.56 Å². The molecule has 1 unspecified atom stereocenters. The number of aliphatic hydroxyl groups excluding tert-OH is 1. The molecule has 0 aliphatic carbocycles. The SMILES string of the molecule is C[C@@H](CO)N(C)C(=O)CC1NC(=O)c2ccccc21. The first-order chi connectivity index (χ1) is 9.04. The molecule has 2 atom stereocenters. The fourth-order valence-electron chi connectivity index (χ4n) is 2.17. The molecule has 5 nitrogen and oxygen atoms in total. The lowest BCUT2D eigenvalue weighted by atomic mass is 10.0. The van der Waals surface area contributed by atoms with Gasteiger partial charge in [-0.25, -0.2) is 0 Å². The van der Waals surface area contributed by atoms with Gasteiger partial charge in [0.1, 0.15) is 0 Å². The van der Waals surface area contributed by atoms with Gasteiger partial charge in [-0.3, -0.25) is 9.59 Å². The number of amides is 2. The second-order valence-electron chi connectivity index (χ2n) is 4.85. The van der Waals surface area contributed by atoms with Gasteiger partial charge < -0.3 is 15.3 Å². The van der Waals surface area contributed by atoms with Crippen LogP contribution in [0.25, 0.3) is 0 Å². The first kappa shape index (κ1) is 13.5. The van der Waals surface area contributed by atoms with Gasteiger partial charge in [0.05, 0.1) is 25.1 Å². The predicted molar refractivity (Wildman–Crippen MR) is 70.6 cm³/mol. The lowest BCUT2D eigenvalue weighted by Crippen LogP contribution is -2.38. The Labute approximate surface area is 112 Å². The molecule has 0 bridgehead atoms. The highest BCUT2D eigenvalue weighted by atomic mass is 16.3. The molecule has 1 aromatic rings. The maximum Gasteiger partial charge on any atom is 0.252 e. The fraction of sp³-hybridized carbons (Fsp3) is 0.429. The van der Waals surface area contributed by atoms with E-state index in [0.717, 1.165) is 5.56 Å². The Balaban J connectivity index is 2.10. The first-order valence-corrected chi connectivity index (χ1v) is 6.31. The number of nitrogens with zero attached hydrogens (tertiary/aromatic N) is 1. The molecule has 2 rings (SSSR count). The van der Waals surface area contributed by atoms with E-state index in [1.165, 1.54) is 4.90 Å². The second-order valence-corrected chi connectivity index (χ2v) is 4.85. The molecular formula is C14H18N2O3. The van der Waals surface area contributed by atoms with Crippen molar-refractivity contribution in [1.82, 2.24) is 10.2 Å². The summed E-state index contributed by atoms with van der Waals surface area (Å²) in [6.07, 6.45) is 0.212. The molecule has 102 valence electrons. The van der Waals surface area contributed by atoms with Crippen molar-refractivity contribution in [2.45, 2.75) is 25.4 Å². The topological polar surface area (TPSA) is 69.6 Å². The number of carbonyl (C=O) groups excluding carboxylic acids is 2. The highest BCUT2D eigenvalue weighted by molar-refractivity contribution is 5.99. The van der Waals surface area contributed by atoms with Crippen LogP contribution in [-0.2, 0) is 4.79 Å². The molecule has 1 aliphatic heterocycles. The van der Waals surface area contributed by atoms with Gasteiger partial charge in [-0.15, -0.1) is 0 Å². The van der Waals surface area contributed by atoms with Crippen molar-refractivity contribution in [3.8, 4) is 0 Å². The van der Waals surface area contributed by atoms with Crippen LogP contribution in [0.15, 0.2) is 24.3 Å². The minimum absolute atomic E-state index is 0.0736. The van der Waals surface area contributed by atoms with Crippen LogP contribution < -0.4 is 5.32 Å². The molecule has 0 aromatic heterocycles. The largest absolute Gasteiger partial charge is 0.394 e. The van der Waals surface area contributed by atoms with Crippen LogP contribution in [0.5, 0.6) is 0 Å². The number of aliphatic hydroxyl groups is 1. The molecule has 0 fully saturated rings. The lowest BCUT2D eigenvalue weighted by molar-refractivity contribution is -0.132. The third-order valence-electron chi connectivity index (χ3n) is 3.58. The summed E-state index contributed by atoms with van der Waals surface area (Å²) in [4.78, 5) is 25.3. The Hall–Kier alpha value is -1.88. The van der Waals surface area contributed by atoms with E-state index in [-0.39, 0.29) is 36.9 Å². The van der Waals surface area contributed by atoms with Gasteiger partial charge in [0.25, 0.3) is 5.91 Å². The number of hydrogen-bond donors (Lipinski definition) is 2. The molecule has 19 heavy (non-hydrogen) atoms. The molecule has 1 heterocycles. The van der Waals surface area contributed by atoms with Gasteiger partial charge in [0.15, 0.2) is 0 Å². The zero-order valence-corrected chi connectivity index (χ0v) is 11.1. The Morgan fingerprint density at radius 2 is 2.16 bits per heavy atom. The van der Waals surface area contributed by atoms with E-state index in [9.17, 15) is 9.59 Å². The third-order valence-corrected chi connectivity index (χ3v) is 3.58. The summed E-state index contributed by atoms with van der Waals surface area (Å²) >= 11 is 0. The molecular weight excluding hydrogens is 244 g/mol. The van der Waals surface area contributed by atoms with E-state index in [2.05, 4.69) is 5.32 Å². The highest BCUT2D eigenvalue weighted by Gasteiger charge is 2.30. The highest BCUT2D eigenvalue weighted by Crippen LogP contribution is 2.27. The van der Waals surface area contributed by atoms with Crippen LogP contribution in [0.4, 0.5) is 0 Å². The second kappa shape index (κ2) is 5.40. The van der Waals surface area contributed by atoms with Crippen LogP contribution in [0.2, 0.25) is 0 Å². The Kier molecular flexibility index (Phi) is 3.85. The lowest BCUT2D eigenvalue weighted by Gasteiger charge is -2.24. The quantitative estimate of drug-likeness (QED) is 0.839. The van der Waals surface area contributed by atoms with Crippen molar-refractivity contribution in [1.29, 1.82) is 0 Å². The molecule has 0 spiro atoms. The zero-order valence-electron chi connectivity index (χ0n) is 11.1. The number of likely N-dealkylation sites (N-methyl/N-ethyl adjacent to an activating group) is 1. The van der Waals surface area contributed by atoms with Crippen molar-refractivity contribution < 1.29 is 14.7 Å². The zero-order chi connectivity index (χ0) is 14.0. The predicted octanol–water partition coefficient (Wildman–Crippen LogP) is 0.700. The van der Waals surface area contributed by atoms with Crippen LogP contribution in [0, 0.1) is 0 Å². The third kappa shape index (κ3) is 2.61. The summed E-state index contributed by atoms with van der Waals surface area (Å²) < 4.78 is 0. The van der Waals surface area contributed by atoms with Crippen molar-refractivity contribution in [3.63, 3.8) is 0 Å². The average Bonchev–Trinajstić information content (AvgIpc) is 2.74. The summed E-state index contributed by atoms with van der Waals surface area (Å²) in [5.41, 5.74) is 1.50. The van der Waals surface area contributed by atoms with Crippen LogP contribution in [0.1, 0.15) is 35.3 Å². The molecule has 0 saturated carbocycles. The summed E-state index contributed by atoms with van der Waals surface area (Å²) in [5, 5.41) is 11.9. The summed E-state index contributed by atoms with van der Waals surface area (Å²) in [6, 6.07) is 6.79. The van der Waals surface area contributed by atoms with Gasteiger partial charge >= 0.3 is 0 Å². The number of carbonyl (C=O) groups is 2. The Morgan fingerprint density at radius 1 is 1.47 bits per heavy atom. The molecule has 0 saturated heterocycles. The minimum Gasteiger partial charge on any atom is -0.394 e. The number of rotatable bonds is 4. The van der Waals surface area contributed by atoms with Gasteiger partial charge in [0.2, 0.25) is 5.91 Å². The van der Waals surface area contributed by atoms with E-state index in [1.807, 2.05) is 18.2 Å². The number of benzene rings is 1. The van der Waals surface area contributed by atoms with E-state index in [1.54, 1.807) is 20.0 Å². The van der Waals surface area contributed by atoms with Gasteiger partial charge in [-0.1, -0.05) is 18.2 Å². The van der Waals surface area contributed by atoms with E-state index in [4.69, 9.17) is 5.11 Å². The number of hydrogen-bond acceptors (Lipinski definition) is 3. The Morgan fingerprint density at radius 3 is 2.84 bits per heavy atom. The number of nitrogens with one attached hydrogen (secondary N) is 1. The van der Waals surface area contributed by atoms with Gasteiger partial charge in [-0.05, 0) is 18.6 Å². The molecule has 5 heteroatoms. The van der Waals surface area contributed by atoms with Crippen LogP contribution in [-0.4, -0.2) is 41.5 Å². The van der Waals surface area contributed by atoms with Gasteiger partial charge in [0, 0.05) is 12.6 Å². The minimum atomic E-state index is -0.274. The maximum atomic E-state index is 12.1. The van der Waals surface area contributed by atoms with Crippen molar-refractivity contribution >= 4 is 11.8 Å². The Bertz CT molecular complexity index is 501. The first-order valence-electron chi connectivity index (χ1n) is 6.31. The number of fused-ring (bicyclic) bond motifs is 1. The van der Waals surface area contributed by atoms with E-state index >= 15 is 0 Å². The molecule has 1 aliphatic rings. The molecule has 0 radical (unpaired) electrons. The monoisotopic (exact) mass is 262 g/mol. The van der Waals surface area contributed by atoms with Gasteiger partial charge in [-0.2, -0.15) is 0 Å². The van der Waals surface area contributed by atoms with Crippen molar-refractivity contribution in [2.24, 2.45) is 0 Å². The van der Waals surface area contributed by atoms with Crippen molar-refractivity contribution in [2.75, 3.05) is 13.7 Å². The van der Waals surface area contributed by atoms with Crippen LogP contribution in [0.3, 0.4) is 0 Å². The normalized spacial score (nSPS) is 18.7. The molecule has 2 amide bonds. The van der Waals surface area contributed by atoms with Crippen LogP contribution >= 0.6 is 0 Å². The summed E-state index contributed by atoms with van der Waals surface area (Å²) in [6.45, 7) is 1.70. The van der Waals surface area contributed by atoms with Crippen molar-refractivity contribution in [3.05, 3.63) is 35.4 Å². The average molecular weight is 262 g/mol. The maximum absolute atomic E-state index is 12.1. The fourth-order valence-corrected chi connectivity index (χ4v) is 2.17. The van der Waals surface area contributed by atoms with E-state index < -0.39 is 0 Å². The standard InChI is InChI=1S/C14H18N2O3/c1-9(8-17)16(2)13(18)7-12-10-5-3-4-6-11(10)14(19)15-12/h3-6,9,12,17H,7-8H2,1-2H3,(H,15,19)/t9-,12?/m0/s1. The molecule has 1 aromatic carbocycles.